The molecule has 0 spiro atoms. The smallest absolute Gasteiger partial charge is 0.306 e. The second kappa shape index (κ2) is 6.70. The molecule has 1 saturated carbocycles. The Bertz CT molecular complexity index is 532. The first-order chi connectivity index (χ1) is 9.99. The Morgan fingerprint density at radius 1 is 1.29 bits per heavy atom. The van der Waals surface area contributed by atoms with Gasteiger partial charge in [0.2, 0.25) is 5.91 Å². The third-order valence-corrected chi connectivity index (χ3v) is 4.11. The molecule has 0 saturated heterocycles. The molecule has 0 aromatic heterocycles. The lowest BCUT2D eigenvalue weighted by Gasteiger charge is -2.29. The van der Waals surface area contributed by atoms with Gasteiger partial charge in [-0.3, -0.25) is 9.59 Å². The summed E-state index contributed by atoms with van der Waals surface area (Å²) in [5, 5.41) is 9.07. The number of carbonyl (C=O) groups excluding carboxylic acids is 1. The summed E-state index contributed by atoms with van der Waals surface area (Å²) in [6.07, 6.45) is 2.48. The van der Waals surface area contributed by atoms with E-state index in [0.717, 1.165) is 6.42 Å². The van der Waals surface area contributed by atoms with Crippen molar-refractivity contribution in [2.24, 2.45) is 11.8 Å². The summed E-state index contributed by atoms with van der Waals surface area (Å²) in [7, 11) is 1.64. The van der Waals surface area contributed by atoms with Gasteiger partial charge in [0, 0.05) is 25.1 Å². The van der Waals surface area contributed by atoms with E-state index in [9.17, 15) is 14.0 Å². The maximum atomic E-state index is 13.6. The molecule has 114 valence electrons. The van der Waals surface area contributed by atoms with Crippen molar-refractivity contribution in [3.8, 4) is 0 Å². The molecule has 2 atom stereocenters. The molecule has 0 aliphatic heterocycles. The first kappa shape index (κ1) is 15.5. The van der Waals surface area contributed by atoms with Gasteiger partial charge >= 0.3 is 5.97 Å². The summed E-state index contributed by atoms with van der Waals surface area (Å²) in [4.78, 5) is 24.9. The zero-order valence-corrected chi connectivity index (χ0v) is 12.1. The van der Waals surface area contributed by atoms with Crippen molar-refractivity contribution < 1.29 is 19.1 Å². The van der Waals surface area contributed by atoms with Gasteiger partial charge in [0.15, 0.2) is 0 Å². The van der Waals surface area contributed by atoms with E-state index in [2.05, 4.69) is 0 Å². The lowest BCUT2D eigenvalue weighted by Crippen LogP contribution is -2.36. The average molecular weight is 293 g/mol. The number of rotatable bonds is 4. The fourth-order valence-electron chi connectivity index (χ4n) is 2.91. The van der Waals surface area contributed by atoms with E-state index >= 15 is 0 Å². The van der Waals surface area contributed by atoms with Gasteiger partial charge in [0.05, 0.1) is 5.92 Å². The lowest BCUT2D eigenvalue weighted by atomic mass is 9.81. The van der Waals surface area contributed by atoms with Crippen LogP contribution >= 0.6 is 0 Å². The van der Waals surface area contributed by atoms with Gasteiger partial charge < -0.3 is 10.0 Å². The molecule has 1 amide bonds. The molecule has 0 radical (unpaired) electrons. The lowest BCUT2D eigenvalue weighted by molar-refractivity contribution is -0.145. The molecule has 0 unspecified atom stereocenters. The highest BCUT2D eigenvalue weighted by molar-refractivity contribution is 5.80. The van der Waals surface area contributed by atoms with Gasteiger partial charge in [-0.15, -0.1) is 0 Å². The van der Waals surface area contributed by atoms with Crippen LogP contribution in [-0.2, 0) is 16.1 Å². The summed E-state index contributed by atoms with van der Waals surface area (Å²) < 4.78 is 13.6. The fraction of sp³-hybridized carbons (Fsp3) is 0.500. The van der Waals surface area contributed by atoms with Gasteiger partial charge in [-0.2, -0.15) is 0 Å². The van der Waals surface area contributed by atoms with Crippen LogP contribution in [-0.4, -0.2) is 28.9 Å². The van der Waals surface area contributed by atoms with E-state index in [0.29, 0.717) is 24.8 Å². The monoisotopic (exact) mass is 293 g/mol. The first-order valence-electron chi connectivity index (χ1n) is 7.20. The third kappa shape index (κ3) is 3.80. The number of halogens is 1. The Kier molecular flexibility index (Phi) is 4.94. The zero-order chi connectivity index (χ0) is 15.4. The average Bonchev–Trinajstić information content (AvgIpc) is 2.49. The Morgan fingerprint density at radius 2 is 1.95 bits per heavy atom. The van der Waals surface area contributed by atoms with Crippen LogP contribution in [0.5, 0.6) is 0 Å². The van der Waals surface area contributed by atoms with Crippen molar-refractivity contribution in [3.63, 3.8) is 0 Å². The van der Waals surface area contributed by atoms with Crippen LogP contribution in [0.3, 0.4) is 0 Å². The molecule has 1 N–H and O–H groups in total. The van der Waals surface area contributed by atoms with E-state index < -0.39 is 11.9 Å². The maximum Gasteiger partial charge on any atom is 0.306 e. The minimum atomic E-state index is -0.829. The second-order valence-electron chi connectivity index (χ2n) is 5.68. The highest BCUT2D eigenvalue weighted by Crippen LogP contribution is 2.30. The first-order valence-corrected chi connectivity index (χ1v) is 7.20. The minimum absolute atomic E-state index is 0.0933. The number of carbonyl (C=O) groups is 2. The molecule has 2 rings (SSSR count). The summed E-state index contributed by atoms with van der Waals surface area (Å²) in [6.45, 7) is 0.208. The van der Waals surface area contributed by atoms with Crippen LogP contribution < -0.4 is 0 Å². The molecule has 1 aliphatic carbocycles. The predicted molar refractivity (Wildman–Crippen MR) is 76.0 cm³/mol. The van der Waals surface area contributed by atoms with Crippen molar-refractivity contribution in [1.29, 1.82) is 0 Å². The summed E-state index contributed by atoms with van der Waals surface area (Å²) in [5.74, 6) is -1.95. The van der Waals surface area contributed by atoms with Gasteiger partial charge in [0.1, 0.15) is 5.82 Å². The van der Waals surface area contributed by atoms with Crippen molar-refractivity contribution in [2.75, 3.05) is 7.05 Å². The Labute approximate surface area is 123 Å². The number of carboxylic acid groups (broad SMARTS) is 1. The van der Waals surface area contributed by atoms with Gasteiger partial charge in [-0.05, 0) is 25.3 Å². The van der Waals surface area contributed by atoms with E-state index in [-0.39, 0.29) is 24.2 Å². The Balaban J connectivity index is 1.99. The van der Waals surface area contributed by atoms with Crippen LogP contribution in [0, 0.1) is 17.7 Å². The van der Waals surface area contributed by atoms with E-state index in [1.165, 1.54) is 11.0 Å². The topological polar surface area (TPSA) is 57.6 Å². The SMILES string of the molecule is CN(Cc1ccccc1F)C(=O)[C@@H]1CCC[C@H](C(=O)O)C1. The van der Waals surface area contributed by atoms with Crippen molar-refractivity contribution in [3.05, 3.63) is 35.6 Å². The number of hydrogen-bond donors (Lipinski definition) is 1. The quantitative estimate of drug-likeness (QED) is 0.928. The standard InChI is InChI=1S/C16H20FNO3/c1-18(10-13-5-2-3-8-14(13)17)15(19)11-6-4-7-12(9-11)16(20)21/h2-3,5,8,11-12H,4,6-7,9-10H2,1H3,(H,20,21)/t11-,12+/m1/s1. The molecule has 0 bridgehead atoms. The highest BCUT2D eigenvalue weighted by Gasteiger charge is 2.32. The van der Waals surface area contributed by atoms with Crippen molar-refractivity contribution in [1.82, 2.24) is 4.90 Å². The number of amides is 1. The van der Waals surface area contributed by atoms with Gasteiger partial charge in [0.25, 0.3) is 0 Å². The second-order valence-corrected chi connectivity index (χ2v) is 5.68. The van der Waals surface area contributed by atoms with Crippen molar-refractivity contribution >= 4 is 11.9 Å². The summed E-state index contributed by atoms with van der Waals surface area (Å²) in [5.41, 5.74) is 0.471. The Hall–Kier alpha value is -1.91. The maximum absolute atomic E-state index is 13.6. The van der Waals surface area contributed by atoms with Crippen molar-refractivity contribution in [2.45, 2.75) is 32.2 Å². The molecule has 4 nitrogen and oxygen atoms in total. The highest BCUT2D eigenvalue weighted by atomic mass is 19.1. The number of carboxylic acids is 1. The van der Waals surface area contributed by atoms with E-state index in [4.69, 9.17) is 5.11 Å². The summed E-state index contributed by atoms with van der Waals surface area (Å²) >= 11 is 0. The van der Waals surface area contributed by atoms with Crippen LogP contribution in [0.15, 0.2) is 24.3 Å². The molecule has 21 heavy (non-hydrogen) atoms. The van der Waals surface area contributed by atoms with Crippen LogP contribution in [0.2, 0.25) is 0 Å². The molecule has 1 aromatic carbocycles. The Morgan fingerprint density at radius 3 is 2.62 bits per heavy atom. The summed E-state index contributed by atoms with van der Waals surface area (Å²) in [6, 6.07) is 6.37. The predicted octanol–water partition coefficient (Wildman–Crippen LogP) is 2.68. The molecule has 1 fully saturated rings. The fourth-order valence-corrected chi connectivity index (χ4v) is 2.91. The van der Waals surface area contributed by atoms with Gasteiger partial charge in [-0.1, -0.05) is 24.6 Å². The molecular formula is C16H20FNO3. The van der Waals surface area contributed by atoms with Gasteiger partial charge in [-0.25, -0.2) is 4.39 Å². The van der Waals surface area contributed by atoms with E-state index in [1.807, 2.05) is 0 Å². The normalized spacial score (nSPS) is 21.8. The molecule has 1 aliphatic rings. The van der Waals surface area contributed by atoms with E-state index in [1.54, 1.807) is 25.2 Å². The number of nitrogens with zero attached hydrogens (tertiary/aromatic N) is 1. The largest absolute Gasteiger partial charge is 0.481 e. The van der Waals surface area contributed by atoms with Crippen LogP contribution in [0.1, 0.15) is 31.2 Å². The molecule has 0 heterocycles. The van der Waals surface area contributed by atoms with Crippen LogP contribution in [0.4, 0.5) is 4.39 Å². The number of aliphatic carboxylic acids is 1. The minimum Gasteiger partial charge on any atom is -0.481 e. The third-order valence-electron chi connectivity index (χ3n) is 4.11. The van der Waals surface area contributed by atoms with Crippen LogP contribution in [0.25, 0.3) is 0 Å². The number of benzene rings is 1. The molecule has 5 heteroatoms. The zero-order valence-electron chi connectivity index (χ0n) is 12.1. The number of hydrogen-bond acceptors (Lipinski definition) is 2. The molecule has 1 aromatic rings. The molecular weight excluding hydrogens is 273 g/mol.